The van der Waals surface area contributed by atoms with Gasteiger partial charge in [-0.2, -0.15) is 0 Å². The van der Waals surface area contributed by atoms with Gasteiger partial charge in [-0.05, 0) is 30.7 Å². The molecule has 1 aromatic rings. The quantitative estimate of drug-likeness (QED) is 0.803. The second-order valence-electron chi connectivity index (χ2n) is 3.76. The molecule has 0 aromatic heterocycles. The molecule has 0 saturated heterocycles. The fourth-order valence-electron chi connectivity index (χ4n) is 1.34. The number of nitrogens with two attached hydrogens (primary N) is 1. The molecule has 1 rings (SSSR count). The second-order valence-corrected chi connectivity index (χ2v) is 3.76. The molecule has 1 atom stereocenters. The molecular formula is C11H15FN2O2. The predicted molar refractivity (Wildman–Crippen MR) is 60.0 cm³/mol. The van der Waals surface area contributed by atoms with Gasteiger partial charge in [-0.1, -0.05) is 0 Å². The summed E-state index contributed by atoms with van der Waals surface area (Å²) < 4.78 is 13.0. The van der Waals surface area contributed by atoms with E-state index in [-0.39, 0.29) is 12.4 Å². The number of benzene rings is 1. The Labute approximate surface area is 93.5 Å². The number of anilines is 1. The minimum absolute atomic E-state index is 0.181. The number of aliphatic carboxylic acids is 1. The summed E-state index contributed by atoms with van der Waals surface area (Å²) in [4.78, 5) is 12.3. The largest absolute Gasteiger partial charge is 0.480 e. The zero-order valence-corrected chi connectivity index (χ0v) is 9.27. The smallest absolute Gasteiger partial charge is 0.322 e. The number of halogens is 1. The molecule has 0 radical (unpaired) electrons. The monoisotopic (exact) mass is 226 g/mol. The van der Waals surface area contributed by atoms with E-state index in [9.17, 15) is 9.18 Å². The number of likely N-dealkylation sites (N-methyl/N-ethyl adjacent to an activating group) is 1. The Morgan fingerprint density at radius 3 is 2.75 bits per heavy atom. The molecule has 0 aliphatic carbocycles. The van der Waals surface area contributed by atoms with Crippen LogP contribution >= 0.6 is 0 Å². The van der Waals surface area contributed by atoms with E-state index in [4.69, 9.17) is 10.8 Å². The van der Waals surface area contributed by atoms with Crippen LogP contribution in [0.25, 0.3) is 0 Å². The Balaban J connectivity index is 2.76. The van der Waals surface area contributed by atoms with Gasteiger partial charge in [-0.3, -0.25) is 4.79 Å². The Morgan fingerprint density at radius 2 is 2.25 bits per heavy atom. The maximum Gasteiger partial charge on any atom is 0.322 e. The molecule has 5 heteroatoms. The van der Waals surface area contributed by atoms with Crippen molar-refractivity contribution in [2.75, 3.05) is 18.5 Å². The molecule has 88 valence electrons. The van der Waals surface area contributed by atoms with Gasteiger partial charge < -0.3 is 15.7 Å². The summed E-state index contributed by atoms with van der Waals surface area (Å²) in [6.07, 6.45) is 0. The predicted octanol–water partition coefficient (Wildman–Crippen LogP) is 0.982. The van der Waals surface area contributed by atoms with Crippen LogP contribution < -0.4 is 10.6 Å². The normalized spacial score (nSPS) is 12.2. The van der Waals surface area contributed by atoms with Crippen molar-refractivity contribution in [1.82, 2.24) is 0 Å². The van der Waals surface area contributed by atoms with Crippen LogP contribution in [0.5, 0.6) is 0 Å². The van der Waals surface area contributed by atoms with Crippen LogP contribution in [0.1, 0.15) is 5.56 Å². The van der Waals surface area contributed by atoms with Crippen LogP contribution in [0.3, 0.4) is 0 Å². The van der Waals surface area contributed by atoms with Crippen LogP contribution in [0.4, 0.5) is 10.1 Å². The van der Waals surface area contributed by atoms with E-state index in [1.807, 2.05) is 0 Å². The molecule has 0 spiro atoms. The van der Waals surface area contributed by atoms with Gasteiger partial charge in [0, 0.05) is 19.3 Å². The van der Waals surface area contributed by atoms with Gasteiger partial charge in [0.2, 0.25) is 0 Å². The molecule has 0 heterocycles. The number of carbonyl (C=O) groups is 1. The fraction of sp³-hybridized carbons (Fsp3) is 0.364. The molecule has 4 nitrogen and oxygen atoms in total. The molecule has 0 amide bonds. The van der Waals surface area contributed by atoms with Crippen molar-refractivity contribution >= 4 is 11.7 Å². The molecular weight excluding hydrogens is 211 g/mol. The lowest BCUT2D eigenvalue weighted by Crippen LogP contribution is -2.41. The first kappa shape index (κ1) is 12.4. The first-order valence-electron chi connectivity index (χ1n) is 4.87. The van der Waals surface area contributed by atoms with Gasteiger partial charge in [0.05, 0.1) is 0 Å². The summed E-state index contributed by atoms with van der Waals surface area (Å²) in [7, 11) is 1.72. The Morgan fingerprint density at radius 1 is 1.62 bits per heavy atom. The average Bonchev–Trinajstić information content (AvgIpc) is 2.21. The van der Waals surface area contributed by atoms with Gasteiger partial charge in [0.25, 0.3) is 0 Å². The van der Waals surface area contributed by atoms with Crippen molar-refractivity contribution in [3.63, 3.8) is 0 Å². The van der Waals surface area contributed by atoms with Gasteiger partial charge in [-0.25, -0.2) is 4.39 Å². The van der Waals surface area contributed by atoms with Gasteiger partial charge in [0.15, 0.2) is 0 Å². The Kier molecular flexibility index (Phi) is 3.84. The third-order valence-corrected chi connectivity index (χ3v) is 2.37. The number of rotatable bonds is 4. The minimum atomic E-state index is -1.05. The van der Waals surface area contributed by atoms with Crippen LogP contribution in [0.15, 0.2) is 18.2 Å². The highest BCUT2D eigenvalue weighted by molar-refractivity contribution is 5.74. The summed E-state index contributed by atoms with van der Waals surface area (Å²) in [6, 6.07) is 3.66. The van der Waals surface area contributed by atoms with E-state index in [0.29, 0.717) is 5.56 Å². The lowest BCUT2D eigenvalue weighted by Gasteiger charge is -2.21. The Bertz CT molecular complexity index is 396. The van der Waals surface area contributed by atoms with Gasteiger partial charge in [-0.15, -0.1) is 0 Å². The van der Waals surface area contributed by atoms with Gasteiger partial charge in [0.1, 0.15) is 11.9 Å². The molecule has 0 fully saturated rings. The highest BCUT2D eigenvalue weighted by Crippen LogP contribution is 2.17. The van der Waals surface area contributed by atoms with Crippen molar-refractivity contribution < 1.29 is 14.3 Å². The minimum Gasteiger partial charge on any atom is -0.480 e. The number of carboxylic acid groups (broad SMARTS) is 1. The first-order valence-corrected chi connectivity index (χ1v) is 4.87. The first-order chi connectivity index (χ1) is 7.41. The average molecular weight is 226 g/mol. The van der Waals surface area contributed by atoms with E-state index < -0.39 is 12.0 Å². The zero-order chi connectivity index (χ0) is 12.3. The van der Waals surface area contributed by atoms with E-state index >= 15 is 0 Å². The summed E-state index contributed by atoms with van der Waals surface area (Å²) >= 11 is 0. The molecule has 3 N–H and O–H groups in total. The standard InChI is InChI=1S/C11H15FN2O2/c1-7-5-8(3-4-9(7)12)14(2)6-10(13)11(15)16/h3-5,10H,6,13H2,1-2H3,(H,15,16). The maximum absolute atomic E-state index is 13.0. The summed E-state index contributed by atoms with van der Waals surface area (Å²) in [5, 5.41) is 8.66. The molecule has 0 bridgehead atoms. The number of aryl methyl sites for hydroxylation is 1. The molecule has 16 heavy (non-hydrogen) atoms. The highest BCUT2D eigenvalue weighted by Gasteiger charge is 2.14. The maximum atomic E-state index is 13.0. The third-order valence-electron chi connectivity index (χ3n) is 2.37. The fourth-order valence-corrected chi connectivity index (χ4v) is 1.34. The van der Waals surface area contributed by atoms with Crippen molar-refractivity contribution in [3.05, 3.63) is 29.6 Å². The molecule has 0 saturated carbocycles. The zero-order valence-electron chi connectivity index (χ0n) is 9.27. The van der Waals surface area contributed by atoms with Crippen LogP contribution in [-0.4, -0.2) is 30.7 Å². The van der Waals surface area contributed by atoms with E-state index in [2.05, 4.69) is 0 Å². The van der Waals surface area contributed by atoms with Gasteiger partial charge >= 0.3 is 5.97 Å². The summed E-state index contributed by atoms with van der Waals surface area (Å²) in [6.45, 7) is 1.84. The Hall–Kier alpha value is -1.62. The summed E-state index contributed by atoms with van der Waals surface area (Å²) in [5.41, 5.74) is 6.67. The van der Waals surface area contributed by atoms with Crippen molar-refractivity contribution in [2.45, 2.75) is 13.0 Å². The third kappa shape index (κ3) is 2.93. The topological polar surface area (TPSA) is 66.6 Å². The highest BCUT2D eigenvalue weighted by atomic mass is 19.1. The molecule has 0 aliphatic heterocycles. The lowest BCUT2D eigenvalue weighted by atomic mass is 10.2. The van der Waals surface area contributed by atoms with Crippen molar-refractivity contribution in [1.29, 1.82) is 0 Å². The van der Waals surface area contributed by atoms with E-state index in [1.54, 1.807) is 31.0 Å². The van der Waals surface area contributed by atoms with Crippen LogP contribution in [-0.2, 0) is 4.79 Å². The van der Waals surface area contributed by atoms with Crippen LogP contribution in [0, 0.1) is 12.7 Å². The molecule has 1 unspecified atom stereocenters. The lowest BCUT2D eigenvalue weighted by molar-refractivity contribution is -0.138. The SMILES string of the molecule is Cc1cc(N(C)CC(N)C(=O)O)ccc1F. The molecule has 0 aliphatic rings. The van der Waals surface area contributed by atoms with E-state index in [0.717, 1.165) is 5.69 Å². The van der Waals surface area contributed by atoms with Crippen LogP contribution in [0.2, 0.25) is 0 Å². The van der Waals surface area contributed by atoms with E-state index in [1.165, 1.54) is 6.07 Å². The molecule has 1 aromatic carbocycles. The number of hydrogen-bond donors (Lipinski definition) is 2. The second kappa shape index (κ2) is 4.94. The number of carboxylic acids is 1. The van der Waals surface area contributed by atoms with Crippen molar-refractivity contribution in [2.24, 2.45) is 5.73 Å². The number of nitrogens with zero attached hydrogens (tertiary/aromatic N) is 1. The van der Waals surface area contributed by atoms with Crippen molar-refractivity contribution in [3.8, 4) is 0 Å². The number of hydrogen-bond acceptors (Lipinski definition) is 3. The summed E-state index contributed by atoms with van der Waals surface area (Å²) in [5.74, 6) is -1.33.